The summed E-state index contributed by atoms with van der Waals surface area (Å²) in [6.07, 6.45) is 3.54. The van der Waals surface area contributed by atoms with Crippen LogP contribution in [0, 0.1) is 0 Å². The van der Waals surface area contributed by atoms with Crippen molar-refractivity contribution in [1.29, 1.82) is 0 Å². The van der Waals surface area contributed by atoms with Gasteiger partial charge in [0.05, 0.1) is 11.9 Å². The van der Waals surface area contributed by atoms with Crippen LogP contribution >= 0.6 is 11.6 Å². The largest absolute Gasteiger partial charge is 0.233 e. The quantitative estimate of drug-likeness (QED) is 0.577. The SMILES string of the molecule is C=CC(C)(C)c1cc(Cl)n2nccc2n1. The second kappa shape index (κ2) is 3.35. The van der Waals surface area contributed by atoms with Gasteiger partial charge < -0.3 is 0 Å². The minimum atomic E-state index is -0.185. The van der Waals surface area contributed by atoms with Gasteiger partial charge in [-0.25, -0.2) is 9.50 Å². The maximum atomic E-state index is 6.09. The van der Waals surface area contributed by atoms with E-state index in [4.69, 9.17) is 11.6 Å². The van der Waals surface area contributed by atoms with E-state index in [0.29, 0.717) is 5.15 Å². The van der Waals surface area contributed by atoms with Gasteiger partial charge in [-0.1, -0.05) is 31.5 Å². The fourth-order valence-electron chi connectivity index (χ4n) is 1.31. The molecule has 0 fully saturated rings. The summed E-state index contributed by atoms with van der Waals surface area (Å²) in [4.78, 5) is 4.48. The molecule has 0 spiro atoms. The van der Waals surface area contributed by atoms with Crippen LogP contribution in [0.1, 0.15) is 19.5 Å². The van der Waals surface area contributed by atoms with Gasteiger partial charge in [-0.15, -0.1) is 6.58 Å². The molecule has 0 amide bonds. The summed E-state index contributed by atoms with van der Waals surface area (Å²) in [5, 5.41) is 4.63. The lowest BCUT2D eigenvalue weighted by molar-refractivity contribution is 0.643. The van der Waals surface area contributed by atoms with E-state index in [1.165, 1.54) is 0 Å². The Hall–Kier alpha value is -1.35. The highest BCUT2D eigenvalue weighted by molar-refractivity contribution is 6.29. The Bertz CT molecular complexity index is 514. The summed E-state index contributed by atoms with van der Waals surface area (Å²) in [5.74, 6) is 0. The van der Waals surface area contributed by atoms with Gasteiger partial charge >= 0.3 is 0 Å². The molecule has 2 rings (SSSR count). The lowest BCUT2D eigenvalue weighted by Gasteiger charge is -2.19. The Morgan fingerprint density at radius 3 is 2.93 bits per heavy atom. The second-order valence-electron chi connectivity index (χ2n) is 3.99. The van der Waals surface area contributed by atoms with E-state index < -0.39 is 0 Å². The number of hydrogen-bond acceptors (Lipinski definition) is 2. The Balaban J connectivity index is 2.68. The molecule has 0 radical (unpaired) electrons. The molecule has 0 aliphatic heterocycles. The fraction of sp³-hybridized carbons (Fsp3) is 0.273. The minimum absolute atomic E-state index is 0.185. The molecule has 15 heavy (non-hydrogen) atoms. The van der Waals surface area contributed by atoms with Crippen molar-refractivity contribution >= 4 is 17.2 Å². The van der Waals surface area contributed by atoms with Crippen molar-refractivity contribution in [2.24, 2.45) is 0 Å². The Morgan fingerprint density at radius 1 is 1.53 bits per heavy atom. The van der Waals surface area contributed by atoms with Crippen LogP contribution in [0.5, 0.6) is 0 Å². The van der Waals surface area contributed by atoms with Gasteiger partial charge in [0.25, 0.3) is 0 Å². The predicted octanol–water partition coefficient (Wildman–Crippen LogP) is 2.85. The fourth-order valence-corrected chi connectivity index (χ4v) is 1.54. The summed E-state index contributed by atoms with van der Waals surface area (Å²) < 4.78 is 1.60. The van der Waals surface area contributed by atoms with E-state index >= 15 is 0 Å². The number of hydrogen-bond donors (Lipinski definition) is 0. The van der Waals surface area contributed by atoms with E-state index in [1.807, 2.05) is 32.1 Å². The maximum absolute atomic E-state index is 6.09. The van der Waals surface area contributed by atoms with Gasteiger partial charge in [0.1, 0.15) is 5.15 Å². The van der Waals surface area contributed by atoms with Crippen molar-refractivity contribution in [2.45, 2.75) is 19.3 Å². The molecule has 4 heteroatoms. The molecule has 78 valence electrons. The van der Waals surface area contributed by atoms with Crippen LogP contribution in [0.15, 0.2) is 31.0 Å². The maximum Gasteiger partial charge on any atom is 0.156 e. The number of nitrogens with zero attached hydrogens (tertiary/aromatic N) is 3. The first-order chi connectivity index (χ1) is 7.04. The van der Waals surface area contributed by atoms with Gasteiger partial charge in [0.2, 0.25) is 0 Å². The van der Waals surface area contributed by atoms with Crippen LogP contribution in [0.3, 0.4) is 0 Å². The molecule has 0 bridgehead atoms. The monoisotopic (exact) mass is 221 g/mol. The lowest BCUT2D eigenvalue weighted by Crippen LogP contribution is -2.16. The van der Waals surface area contributed by atoms with E-state index in [0.717, 1.165) is 11.3 Å². The van der Waals surface area contributed by atoms with Crippen LogP contribution in [-0.2, 0) is 5.41 Å². The van der Waals surface area contributed by atoms with E-state index in [2.05, 4.69) is 16.7 Å². The van der Waals surface area contributed by atoms with Crippen LogP contribution in [0.25, 0.3) is 5.65 Å². The van der Waals surface area contributed by atoms with Crippen LogP contribution in [-0.4, -0.2) is 14.6 Å². The van der Waals surface area contributed by atoms with Gasteiger partial charge in [-0.3, -0.25) is 0 Å². The number of fused-ring (bicyclic) bond motifs is 1. The molecule has 0 N–H and O–H groups in total. The third kappa shape index (κ3) is 1.63. The molecular weight excluding hydrogens is 210 g/mol. The van der Waals surface area contributed by atoms with Gasteiger partial charge in [0, 0.05) is 11.5 Å². The number of allylic oxidation sites excluding steroid dienone is 1. The lowest BCUT2D eigenvalue weighted by atomic mass is 9.89. The number of halogens is 1. The van der Waals surface area contributed by atoms with Crippen molar-refractivity contribution in [3.05, 3.63) is 41.8 Å². The molecule has 2 aromatic rings. The first-order valence-corrected chi connectivity index (χ1v) is 5.07. The molecule has 0 aliphatic carbocycles. The molecule has 0 atom stereocenters. The number of aromatic nitrogens is 3. The Kier molecular flexibility index (Phi) is 2.27. The normalized spacial score (nSPS) is 11.9. The topological polar surface area (TPSA) is 30.2 Å². The molecular formula is C11H12ClN3. The Morgan fingerprint density at radius 2 is 2.27 bits per heavy atom. The Labute approximate surface area is 93.4 Å². The molecule has 0 aliphatic rings. The average molecular weight is 222 g/mol. The standard InChI is InChI=1S/C11H12ClN3/c1-4-11(2,3)8-7-9(12)15-10(14-8)5-6-13-15/h4-7H,1H2,2-3H3. The zero-order chi connectivity index (χ0) is 11.1. The van der Waals surface area contributed by atoms with Crippen molar-refractivity contribution in [1.82, 2.24) is 14.6 Å². The third-order valence-electron chi connectivity index (χ3n) is 2.49. The molecule has 0 saturated heterocycles. The van der Waals surface area contributed by atoms with Crippen LogP contribution in [0.4, 0.5) is 0 Å². The summed E-state index contributed by atoms with van der Waals surface area (Å²) in [5.41, 5.74) is 1.47. The van der Waals surface area contributed by atoms with E-state index in [-0.39, 0.29) is 5.41 Å². The first kappa shape index (κ1) is 10.2. The minimum Gasteiger partial charge on any atom is -0.233 e. The summed E-state index contributed by atoms with van der Waals surface area (Å²) >= 11 is 6.09. The number of rotatable bonds is 2. The van der Waals surface area contributed by atoms with Gasteiger partial charge in [0.15, 0.2) is 5.65 Å². The smallest absolute Gasteiger partial charge is 0.156 e. The first-order valence-electron chi connectivity index (χ1n) is 4.69. The summed E-state index contributed by atoms with van der Waals surface area (Å²) in [6, 6.07) is 3.65. The third-order valence-corrected chi connectivity index (χ3v) is 2.76. The molecule has 2 heterocycles. The van der Waals surface area contributed by atoms with E-state index in [9.17, 15) is 0 Å². The summed E-state index contributed by atoms with van der Waals surface area (Å²) in [6.45, 7) is 7.89. The van der Waals surface area contributed by atoms with Crippen molar-refractivity contribution in [3.8, 4) is 0 Å². The molecule has 2 aromatic heterocycles. The van der Waals surface area contributed by atoms with Crippen molar-refractivity contribution in [3.63, 3.8) is 0 Å². The predicted molar refractivity (Wildman–Crippen MR) is 61.2 cm³/mol. The van der Waals surface area contributed by atoms with Gasteiger partial charge in [-0.05, 0) is 6.07 Å². The van der Waals surface area contributed by atoms with Crippen molar-refractivity contribution < 1.29 is 0 Å². The molecule has 0 aromatic carbocycles. The summed E-state index contributed by atoms with van der Waals surface area (Å²) in [7, 11) is 0. The second-order valence-corrected chi connectivity index (χ2v) is 4.38. The highest BCUT2D eigenvalue weighted by Crippen LogP contribution is 2.25. The average Bonchev–Trinajstić information content (AvgIpc) is 2.66. The highest BCUT2D eigenvalue weighted by Gasteiger charge is 2.19. The molecule has 3 nitrogen and oxygen atoms in total. The van der Waals surface area contributed by atoms with Gasteiger partial charge in [-0.2, -0.15) is 5.10 Å². The zero-order valence-corrected chi connectivity index (χ0v) is 9.49. The van der Waals surface area contributed by atoms with E-state index in [1.54, 1.807) is 10.7 Å². The zero-order valence-electron chi connectivity index (χ0n) is 8.74. The highest BCUT2D eigenvalue weighted by atomic mass is 35.5. The molecule has 0 saturated carbocycles. The van der Waals surface area contributed by atoms with Crippen LogP contribution in [0.2, 0.25) is 5.15 Å². The van der Waals surface area contributed by atoms with Crippen molar-refractivity contribution in [2.75, 3.05) is 0 Å². The van der Waals surface area contributed by atoms with Crippen LogP contribution < -0.4 is 0 Å². The molecule has 0 unspecified atom stereocenters.